The molecule has 4 heteroatoms. The Kier molecular flexibility index (Phi) is 3.26. The molecular formula is C11H15BrN2O. The molecule has 1 aliphatic carbocycles. The molecule has 0 aromatic carbocycles. The van der Waals surface area contributed by atoms with Crippen molar-refractivity contribution in [1.82, 2.24) is 4.98 Å². The van der Waals surface area contributed by atoms with Gasteiger partial charge in [0.1, 0.15) is 5.82 Å². The molecule has 15 heavy (non-hydrogen) atoms. The minimum Gasteiger partial charge on any atom is -0.393 e. The van der Waals surface area contributed by atoms with Gasteiger partial charge in [-0.3, -0.25) is 0 Å². The first kappa shape index (κ1) is 10.9. The van der Waals surface area contributed by atoms with Crippen LogP contribution in [0.25, 0.3) is 0 Å². The van der Waals surface area contributed by atoms with E-state index in [0.29, 0.717) is 5.92 Å². The molecule has 0 atom stereocenters. The van der Waals surface area contributed by atoms with Crippen molar-refractivity contribution in [2.75, 3.05) is 18.5 Å². The van der Waals surface area contributed by atoms with E-state index in [1.807, 2.05) is 19.2 Å². The van der Waals surface area contributed by atoms with E-state index in [2.05, 4.69) is 25.8 Å². The highest BCUT2D eigenvalue weighted by Crippen LogP contribution is 2.28. The second kappa shape index (κ2) is 4.49. The Morgan fingerprint density at radius 2 is 2.27 bits per heavy atom. The van der Waals surface area contributed by atoms with Crippen molar-refractivity contribution in [2.45, 2.75) is 18.9 Å². The molecule has 1 heterocycles. The Morgan fingerprint density at radius 1 is 1.53 bits per heavy atom. The van der Waals surface area contributed by atoms with Gasteiger partial charge in [0.25, 0.3) is 0 Å². The summed E-state index contributed by atoms with van der Waals surface area (Å²) in [5.41, 5.74) is 0. The number of aliphatic hydroxyl groups excluding tert-OH is 1. The van der Waals surface area contributed by atoms with Gasteiger partial charge in [0.15, 0.2) is 0 Å². The third-order valence-electron chi connectivity index (χ3n) is 2.85. The van der Waals surface area contributed by atoms with E-state index < -0.39 is 0 Å². The van der Waals surface area contributed by atoms with Gasteiger partial charge in [-0.2, -0.15) is 0 Å². The Morgan fingerprint density at radius 3 is 2.80 bits per heavy atom. The van der Waals surface area contributed by atoms with Gasteiger partial charge in [-0.15, -0.1) is 0 Å². The van der Waals surface area contributed by atoms with Crippen LogP contribution in [-0.2, 0) is 0 Å². The molecule has 1 N–H and O–H groups in total. The predicted molar refractivity (Wildman–Crippen MR) is 63.9 cm³/mol. The first-order valence-electron chi connectivity index (χ1n) is 5.16. The van der Waals surface area contributed by atoms with Gasteiger partial charge in [-0.1, -0.05) is 0 Å². The molecule has 0 aliphatic heterocycles. The third kappa shape index (κ3) is 2.69. The van der Waals surface area contributed by atoms with Crippen LogP contribution in [0.5, 0.6) is 0 Å². The van der Waals surface area contributed by atoms with Crippen molar-refractivity contribution in [3.05, 3.63) is 22.8 Å². The van der Waals surface area contributed by atoms with Gasteiger partial charge < -0.3 is 10.0 Å². The average molecular weight is 271 g/mol. The Balaban J connectivity index is 1.90. The van der Waals surface area contributed by atoms with Crippen molar-refractivity contribution in [3.8, 4) is 0 Å². The van der Waals surface area contributed by atoms with Gasteiger partial charge in [0, 0.05) is 24.3 Å². The molecular weight excluding hydrogens is 256 g/mol. The number of hydrogen-bond donors (Lipinski definition) is 1. The lowest BCUT2D eigenvalue weighted by Gasteiger charge is -2.34. The number of rotatable bonds is 3. The average Bonchev–Trinajstić information content (AvgIpc) is 2.16. The molecule has 0 spiro atoms. The Labute approximate surface area is 98.3 Å². The predicted octanol–water partition coefficient (Wildman–Crippen LogP) is 2.05. The number of hydrogen-bond acceptors (Lipinski definition) is 3. The van der Waals surface area contributed by atoms with Gasteiger partial charge in [0.2, 0.25) is 0 Å². The molecule has 0 radical (unpaired) electrons. The molecule has 1 aromatic heterocycles. The van der Waals surface area contributed by atoms with Crippen LogP contribution < -0.4 is 4.90 Å². The summed E-state index contributed by atoms with van der Waals surface area (Å²) in [5, 5.41) is 9.20. The summed E-state index contributed by atoms with van der Waals surface area (Å²) in [7, 11) is 2.04. The lowest BCUT2D eigenvalue weighted by atomic mass is 9.82. The van der Waals surface area contributed by atoms with E-state index in [4.69, 9.17) is 0 Å². The van der Waals surface area contributed by atoms with Crippen molar-refractivity contribution >= 4 is 21.7 Å². The highest BCUT2D eigenvalue weighted by atomic mass is 79.9. The van der Waals surface area contributed by atoms with Gasteiger partial charge in [-0.05, 0) is 46.8 Å². The van der Waals surface area contributed by atoms with Gasteiger partial charge in [-0.25, -0.2) is 4.98 Å². The molecule has 0 amide bonds. The fraction of sp³-hybridized carbons (Fsp3) is 0.545. The lowest BCUT2D eigenvalue weighted by Crippen LogP contribution is -2.37. The van der Waals surface area contributed by atoms with Crippen molar-refractivity contribution < 1.29 is 5.11 Å². The Bertz CT molecular complexity index is 322. The molecule has 1 fully saturated rings. The van der Waals surface area contributed by atoms with Crippen molar-refractivity contribution in [1.29, 1.82) is 0 Å². The zero-order valence-electron chi connectivity index (χ0n) is 8.73. The number of pyridine rings is 1. The molecule has 0 saturated heterocycles. The smallest absolute Gasteiger partial charge is 0.128 e. The Hall–Kier alpha value is -0.610. The van der Waals surface area contributed by atoms with E-state index in [-0.39, 0.29) is 6.10 Å². The number of halogens is 1. The van der Waals surface area contributed by atoms with E-state index in [9.17, 15) is 5.11 Å². The zero-order valence-corrected chi connectivity index (χ0v) is 10.3. The number of anilines is 1. The van der Waals surface area contributed by atoms with E-state index in [0.717, 1.165) is 29.7 Å². The maximum atomic E-state index is 9.20. The maximum absolute atomic E-state index is 9.20. The highest BCUT2D eigenvalue weighted by molar-refractivity contribution is 9.10. The largest absolute Gasteiger partial charge is 0.393 e. The monoisotopic (exact) mass is 270 g/mol. The molecule has 2 rings (SSSR count). The molecule has 3 nitrogen and oxygen atoms in total. The molecule has 1 aliphatic rings. The fourth-order valence-corrected chi connectivity index (χ4v) is 2.16. The first-order valence-corrected chi connectivity index (χ1v) is 5.95. The number of aliphatic hydroxyl groups is 1. The third-order valence-corrected chi connectivity index (χ3v) is 3.31. The lowest BCUT2D eigenvalue weighted by molar-refractivity contribution is 0.0464. The molecule has 82 valence electrons. The van der Waals surface area contributed by atoms with Crippen LogP contribution in [0.3, 0.4) is 0 Å². The van der Waals surface area contributed by atoms with Crippen LogP contribution in [0.2, 0.25) is 0 Å². The molecule has 1 aromatic rings. The standard InChI is InChI=1S/C11H15BrN2O/c1-14(7-8-4-10(15)5-8)11-3-2-9(12)6-13-11/h2-3,6,8,10,15H,4-5,7H2,1H3. The van der Waals surface area contributed by atoms with E-state index in [1.165, 1.54) is 0 Å². The second-order valence-electron chi connectivity index (χ2n) is 4.21. The minimum absolute atomic E-state index is 0.0683. The minimum atomic E-state index is -0.0683. The summed E-state index contributed by atoms with van der Waals surface area (Å²) in [6, 6.07) is 3.99. The fourth-order valence-electron chi connectivity index (χ4n) is 1.92. The topological polar surface area (TPSA) is 36.4 Å². The van der Waals surface area contributed by atoms with Crippen molar-refractivity contribution in [2.24, 2.45) is 5.92 Å². The molecule has 0 unspecified atom stereocenters. The summed E-state index contributed by atoms with van der Waals surface area (Å²) >= 11 is 3.36. The SMILES string of the molecule is CN(CC1CC(O)C1)c1ccc(Br)cn1. The summed E-state index contributed by atoms with van der Waals surface area (Å²) < 4.78 is 0.999. The molecule has 1 saturated carbocycles. The number of aromatic nitrogens is 1. The summed E-state index contributed by atoms with van der Waals surface area (Å²) in [5.74, 6) is 1.61. The van der Waals surface area contributed by atoms with Crippen LogP contribution in [0.1, 0.15) is 12.8 Å². The second-order valence-corrected chi connectivity index (χ2v) is 5.12. The van der Waals surface area contributed by atoms with Crippen LogP contribution in [-0.4, -0.2) is 29.8 Å². The van der Waals surface area contributed by atoms with Crippen molar-refractivity contribution in [3.63, 3.8) is 0 Å². The van der Waals surface area contributed by atoms with Crippen LogP contribution >= 0.6 is 15.9 Å². The van der Waals surface area contributed by atoms with Crippen LogP contribution in [0.4, 0.5) is 5.82 Å². The molecule has 0 bridgehead atoms. The van der Waals surface area contributed by atoms with Crippen LogP contribution in [0.15, 0.2) is 22.8 Å². The summed E-state index contributed by atoms with van der Waals surface area (Å²) in [6.45, 7) is 0.978. The zero-order chi connectivity index (χ0) is 10.8. The van der Waals surface area contributed by atoms with Crippen LogP contribution in [0, 0.1) is 5.92 Å². The normalized spacial score (nSPS) is 24.7. The summed E-state index contributed by atoms with van der Waals surface area (Å²) in [6.07, 6.45) is 3.60. The highest BCUT2D eigenvalue weighted by Gasteiger charge is 2.28. The number of nitrogens with zero attached hydrogens (tertiary/aromatic N) is 2. The maximum Gasteiger partial charge on any atom is 0.128 e. The van der Waals surface area contributed by atoms with Gasteiger partial charge >= 0.3 is 0 Å². The van der Waals surface area contributed by atoms with E-state index in [1.54, 1.807) is 6.20 Å². The summed E-state index contributed by atoms with van der Waals surface area (Å²) in [4.78, 5) is 6.47. The van der Waals surface area contributed by atoms with Gasteiger partial charge in [0.05, 0.1) is 6.10 Å². The first-order chi connectivity index (χ1) is 7.15. The van der Waals surface area contributed by atoms with E-state index >= 15 is 0 Å². The quantitative estimate of drug-likeness (QED) is 0.914.